The number of halogens is 1. The van der Waals surface area contributed by atoms with E-state index in [0.29, 0.717) is 22.3 Å². The summed E-state index contributed by atoms with van der Waals surface area (Å²) in [5, 5.41) is 18.8. The molecule has 4 heteroatoms. The minimum Gasteiger partial charge on any atom is -0.507 e. The van der Waals surface area contributed by atoms with Crippen LogP contribution in [-0.4, -0.2) is 16.2 Å². The Kier molecular flexibility index (Phi) is 2.38. The van der Waals surface area contributed by atoms with Gasteiger partial charge in [0.25, 0.3) is 0 Å². The van der Waals surface area contributed by atoms with Gasteiger partial charge in [0.15, 0.2) is 0 Å². The highest BCUT2D eigenvalue weighted by atomic mass is 19.1. The van der Waals surface area contributed by atoms with E-state index in [9.17, 15) is 14.3 Å². The van der Waals surface area contributed by atoms with Gasteiger partial charge in [0.05, 0.1) is 0 Å². The minimum atomic E-state index is -1.11. The molecular weight excluding hydrogens is 247 g/mol. The van der Waals surface area contributed by atoms with Crippen molar-refractivity contribution in [1.82, 2.24) is 0 Å². The largest absolute Gasteiger partial charge is 0.507 e. The molecule has 3 nitrogen and oxygen atoms in total. The first-order valence-electron chi connectivity index (χ1n) is 5.66. The van der Waals surface area contributed by atoms with Gasteiger partial charge in [-0.2, -0.15) is 0 Å². The lowest BCUT2D eigenvalue weighted by molar-refractivity contribution is -0.131. The molecule has 1 aliphatic carbocycles. The number of phenolic OH excluding ortho intramolecular Hbond substituents is 1. The molecule has 0 unspecified atom stereocenters. The molecule has 0 radical (unpaired) electrons. The third kappa shape index (κ3) is 1.61. The maximum atomic E-state index is 14.0. The zero-order chi connectivity index (χ0) is 13.6. The van der Waals surface area contributed by atoms with Crippen LogP contribution in [0.25, 0.3) is 16.7 Å². The molecule has 94 valence electrons. The fourth-order valence-corrected chi connectivity index (χ4v) is 2.45. The van der Waals surface area contributed by atoms with Crippen LogP contribution in [0.3, 0.4) is 0 Å². The smallest absolute Gasteiger partial charge is 0.328 e. The average Bonchev–Trinajstić information content (AvgIpc) is 2.66. The van der Waals surface area contributed by atoms with Crippen molar-refractivity contribution in [2.75, 3.05) is 0 Å². The summed E-state index contributed by atoms with van der Waals surface area (Å²) in [4.78, 5) is 10.9. The number of carboxylic acids is 1. The van der Waals surface area contributed by atoms with E-state index in [-0.39, 0.29) is 11.3 Å². The molecular formula is C15H9FO3. The predicted molar refractivity (Wildman–Crippen MR) is 68.2 cm³/mol. The first-order valence-corrected chi connectivity index (χ1v) is 5.66. The van der Waals surface area contributed by atoms with E-state index >= 15 is 0 Å². The fourth-order valence-electron chi connectivity index (χ4n) is 2.45. The SMILES string of the molecule is O=C(O)/C=C1/c2cccc(O)c2-c2c(F)cccc21. The Hall–Kier alpha value is -2.62. The number of carboxylic acid groups (broad SMARTS) is 1. The number of hydrogen-bond acceptors (Lipinski definition) is 2. The molecule has 0 amide bonds. The molecule has 2 aromatic carbocycles. The van der Waals surface area contributed by atoms with Crippen LogP contribution in [0.1, 0.15) is 11.1 Å². The summed E-state index contributed by atoms with van der Waals surface area (Å²) in [5.74, 6) is -1.65. The molecule has 0 aromatic heterocycles. The highest BCUT2D eigenvalue weighted by Gasteiger charge is 2.28. The van der Waals surface area contributed by atoms with Gasteiger partial charge in [-0.05, 0) is 28.8 Å². The molecule has 2 aromatic rings. The summed E-state index contributed by atoms with van der Waals surface area (Å²) in [5.41, 5.74) is 2.03. The number of rotatable bonds is 1. The highest BCUT2D eigenvalue weighted by Crippen LogP contribution is 2.49. The van der Waals surface area contributed by atoms with Gasteiger partial charge in [-0.25, -0.2) is 9.18 Å². The molecule has 19 heavy (non-hydrogen) atoms. The van der Waals surface area contributed by atoms with Crippen molar-refractivity contribution in [3.05, 3.63) is 59.4 Å². The van der Waals surface area contributed by atoms with Gasteiger partial charge >= 0.3 is 5.97 Å². The van der Waals surface area contributed by atoms with Gasteiger partial charge in [-0.1, -0.05) is 24.3 Å². The topological polar surface area (TPSA) is 57.5 Å². The Morgan fingerprint density at radius 1 is 1.05 bits per heavy atom. The van der Waals surface area contributed by atoms with E-state index in [4.69, 9.17) is 5.11 Å². The molecule has 0 saturated heterocycles. The minimum absolute atomic E-state index is 0.0577. The highest BCUT2D eigenvalue weighted by molar-refractivity contribution is 6.07. The zero-order valence-electron chi connectivity index (χ0n) is 9.72. The van der Waals surface area contributed by atoms with Crippen LogP contribution in [0, 0.1) is 5.82 Å². The van der Waals surface area contributed by atoms with Crippen molar-refractivity contribution in [3.8, 4) is 16.9 Å². The monoisotopic (exact) mass is 256 g/mol. The normalized spacial score (nSPS) is 14.3. The van der Waals surface area contributed by atoms with E-state index in [2.05, 4.69) is 0 Å². The third-order valence-corrected chi connectivity index (χ3v) is 3.15. The van der Waals surface area contributed by atoms with E-state index in [1.54, 1.807) is 18.2 Å². The number of aliphatic carboxylic acids is 1. The van der Waals surface area contributed by atoms with Crippen LogP contribution in [0.4, 0.5) is 4.39 Å². The van der Waals surface area contributed by atoms with Crippen molar-refractivity contribution in [3.63, 3.8) is 0 Å². The van der Waals surface area contributed by atoms with Gasteiger partial charge in [0.1, 0.15) is 11.6 Å². The summed E-state index contributed by atoms with van der Waals surface area (Å²) in [7, 11) is 0. The van der Waals surface area contributed by atoms with E-state index in [0.717, 1.165) is 6.08 Å². The number of phenols is 1. The fraction of sp³-hybridized carbons (Fsp3) is 0. The maximum Gasteiger partial charge on any atom is 0.328 e. The summed E-state index contributed by atoms with van der Waals surface area (Å²) in [6.45, 7) is 0. The van der Waals surface area contributed by atoms with Crippen LogP contribution in [0.5, 0.6) is 5.75 Å². The first-order chi connectivity index (χ1) is 9.09. The van der Waals surface area contributed by atoms with Crippen LogP contribution < -0.4 is 0 Å². The average molecular weight is 256 g/mol. The Bertz CT molecular complexity index is 679. The Labute approximate surface area is 108 Å². The third-order valence-electron chi connectivity index (χ3n) is 3.15. The number of fused-ring (bicyclic) bond motifs is 3. The molecule has 0 bridgehead atoms. The molecule has 3 rings (SSSR count). The van der Waals surface area contributed by atoms with Gasteiger partial charge < -0.3 is 10.2 Å². The van der Waals surface area contributed by atoms with Gasteiger partial charge in [0, 0.05) is 17.2 Å². The molecule has 2 N–H and O–H groups in total. The number of hydrogen-bond donors (Lipinski definition) is 2. The summed E-state index contributed by atoms with van der Waals surface area (Å²) in [6, 6.07) is 9.19. The standard InChI is InChI=1S/C15H9FO3/c16-11-5-1-3-8-10(7-13(18)19)9-4-2-6-12(17)15(9)14(8)11/h1-7,17H,(H,18,19)/b10-7+. The summed E-state index contributed by atoms with van der Waals surface area (Å²) < 4.78 is 14.0. The molecule has 0 atom stereocenters. The van der Waals surface area contributed by atoms with Crippen molar-refractivity contribution < 1.29 is 19.4 Å². The summed E-state index contributed by atoms with van der Waals surface area (Å²) >= 11 is 0. The Morgan fingerprint density at radius 3 is 2.37 bits per heavy atom. The number of aromatic hydroxyl groups is 1. The first kappa shape index (κ1) is 11.5. The lowest BCUT2D eigenvalue weighted by Crippen LogP contribution is -1.91. The molecule has 0 spiro atoms. The second-order valence-corrected chi connectivity index (χ2v) is 4.26. The van der Waals surface area contributed by atoms with E-state index < -0.39 is 11.8 Å². The summed E-state index contributed by atoms with van der Waals surface area (Å²) in [6.07, 6.45) is 1.03. The molecule has 0 aliphatic heterocycles. The van der Waals surface area contributed by atoms with Crippen LogP contribution in [0.15, 0.2) is 42.5 Å². The van der Waals surface area contributed by atoms with Crippen LogP contribution >= 0.6 is 0 Å². The van der Waals surface area contributed by atoms with Crippen molar-refractivity contribution in [1.29, 1.82) is 0 Å². The quantitative estimate of drug-likeness (QED) is 0.658. The zero-order valence-corrected chi connectivity index (χ0v) is 9.72. The van der Waals surface area contributed by atoms with Crippen LogP contribution in [0.2, 0.25) is 0 Å². The van der Waals surface area contributed by atoms with Crippen molar-refractivity contribution >= 4 is 11.5 Å². The number of carbonyl (C=O) groups is 1. The molecule has 0 saturated carbocycles. The van der Waals surface area contributed by atoms with Gasteiger partial charge in [-0.3, -0.25) is 0 Å². The Balaban J connectivity index is 2.44. The number of benzene rings is 2. The second kappa shape index (κ2) is 3.95. The molecule has 0 heterocycles. The molecule has 0 fully saturated rings. The van der Waals surface area contributed by atoms with E-state index in [1.165, 1.54) is 18.2 Å². The van der Waals surface area contributed by atoms with Crippen LogP contribution in [-0.2, 0) is 4.79 Å². The van der Waals surface area contributed by atoms with Gasteiger partial charge in [-0.15, -0.1) is 0 Å². The molecule has 1 aliphatic rings. The van der Waals surface area contributed by atoms with E-state index in [1.807, 2.05) is 0 Å². The lowest BCUT2D eigenvalue weighted by atomic mass is 10.0. The maximum absolute atomic E-state index is 14.0. The van der Waals surface area contributed by atoms with Crippen molar-refractivity contribution in [2.24, 2.45) is 0 Å². The lowest BCUT2D eigenvalue weighted by Gasteiger charge is -2.03. The predicted octanol–water partition coefficient (Wildman–Crippen LogP) is 3.03. The second-order valence-electron chi connectivity index (χ2n) is 4.26. The van der Waals surface area contributed by atoms with Crippen molar-refractivity contribution in [2.45, 2.75) is 0 Å². The van der Waals surface area contributed by atoms with Gasteiger partial charge in [0.2, 0.25) is 0 Å². The Morgan fingerprint density at radius 2 is 1.68 bits per heavy atom.